The van der Waals surface area contributed by atoms with Gasteiger partial charge in [0, 0.05) is 16.5 Å². The molecule has 0 bridgehead atoms. The molecule has 2 aliphatic rings. The van der Waals surface area contributed by atoms with Crippen molar-refractivity contribution in [1.29, 1.82) is 0 Å². The van der Waals surface area contributed by atoms with Gasteiger partial charge in [-0.05, 0) is 65.4 Å². The lowest BCUT2D eigenvalue weighted by molar-refractivity contribution is -0.231. The number of aromatic hydroxyl groups is 1. The first-order chi connectivity index (χ1) is 22.7. The largest absolute Gasteiger partial charge is 0.508 e. The minimum atomic E-state index is -1.48. The highest BCUT2D eigenvalue weighted by Gasteiger charge is 2.45. The van der Waals surface area contributed by atoms with E-state index in [1.54, 1.807) is 42.5 Å². The number of aliphatic hydroxyl groups is 6. The Hall–Kier alpha value is -3.52. The summed E-state index contributed by atoms with van der Waals surface area (Å²) in [7, 11) is 0. The van der Waals surface area contributed by atoms with Gasteiger partial charge in [0.15, 0.2) is 5.56 Å². The number of halogens is 1. The summed E-state index contributed by atoms with van der Waals surface area (Å²) < 4.78 is 19.1. The molecule has 6 rings (SSSR count). The number of thioether (sulfide) groups is 1. The molecule has 7 N–H and O–H groups in total. The van der Waals surface area contributed by atoms with Gasteiger partial charge in [-0.1, -0.05) is 66.7 Å². The summed E-state index contributed by atoms with van der Waals surface area (Å²) in [6.45, 7) is -0.515. The molecule has 9 atom stereocenters. The Balaban J connectivity index is 1.25. The van der Waals surface area contributed by atoms with E-state index in [1.807, 2.05) is 47.4 Å². The number of rotatable bonds is 9. The molecule has 4 aromatic carbocycles. The zero-order valence-electron chi connectivity index (χ0n) is 25.3. The SMILES string of the molecule is OCC1OC(c2ccc(-c3ccc(C4C(CCC(O)c5ccc(F)cc5)SC(O)N4c4ccccc4)c(O)c3)cc2)C(O)C(O)C1O. The standard InChI is InChI=1S/C36H38FNO8S/c37-24-13-10-21(11-14-24)27(40)16-17-30-31(38(36(45)47-30)25-4-2-1-3-5-25)26-15-12-23(18-28(26)41)20-6-8-22(9-7-20)35-34(44)33(43)32(42)29(19-39)46-35/h1-15,18,27,29-36,39-45H,16-17,19H2. The number of ether oxygens (including phenoxy) is 1. The molecule has 47 heavy (non-hydrogen) atoms. The second-order valence-electron chi connectivity index (χ2n) is 12.0. The van der Waals surface area contributed by atoms with Crippen LogP contribution in [0.2, 0.25) is 0 Å². The molecule has 0 amide bonds. The quantitative estimate of drug-likeness (QED) is 0.139. The summed E-state index contributed by atoms with van der Waals surface area (Å²) in [5, 5.41) is 73.7. The van der Waals surface area contributed by atoms with E-state index < -0.39 is 54.8 Å². The average molecular weight is 664 g/mol. The summed E-state index contributed by atoms with van der Waals surface area (Å²) in [6.07, 6.45) is -6.22. The van der Waals surface area contributed by atoms with Gasteiger partial charge < -0.3 is 45.4 Å². The maximum Gasteiger partial charge on any atom is 0.176 e. The van der Waals surface area contributed by atoms with E-state index in [-0.39, 0.29) is 16.8 Å². The Bertz CT molecular complexity index is 1630. The monoisotopic (exact) mass is 663 g/mol. The molecule has 11 heteroatoms. The Morgan fingerprint density at radius 3 is 2.15 bits per heavy atom. The molecule has 248 valence electrons. The molecule has 0 saturated carbocycles. The van der Waals surface area contributed by atoms with Crippen molar-refractivity contribution in [2.45, 2.75) is 66.3 Å². The number of aliphatic hydroxyl groups excluding tert-OH is 6. The summed E-state index contributed by atoms with van der Waals surface area (Å²) in [5.74, 6) is -0.345. The molecular formula is C36H38FNO8S. The zero-order valence-corrected chi connectivity index (χ0v) is 26.1. The van der Waals surface area contributed by atoms with E-state index in [1.165, 1.54) is 23.9 Å². The van der Waals surface area contributed by atoms with Gasteiger partial charge in [0.2, 0.25) is 0 Å². The highest BCUT2D eigenvalue weighted by molar-refractivity contribution is 8.00. The molecule has 0 spiro atoms. The fourth-order valence-corrected chi connectivity index (χ4v) is 7.86. The molecule has 4 aromatic rings. The Kier molecular flexibility index (Phi) is 10.2. The van der Waals surface area contributed by atoms with E-state index in [0.29, 0.717) is 35.1 Å². The molecule has 2 fully saturated rings. The van der Waals surface area contributed by atoms with Crippen LogP contribution in [-0.2, 0) is 4.74 Å². The van der Waals surface area contributed by atoms with Gasteiger partial charge in [0.05, 0.1) is 18.8 Å². The van der Waals surface area contributed by atoms with Crippen molar-refractivity contribution in [1.82, 2.24) is 0 Å². The van der Waals surface area contributed by atoms with Gasteiger partial charge in [-0.15, -0.1) is 11.8 Å². The highest BCUT2D eigenvalue weighted by Crippen LogP contribution is 2.50. The predicted molar refractivity (Wildman–Crippen MR) is 176 cm³/mol. The first kappa shape index (κ1) is 33.4. The van der Waals surface area contributed by atoms with Crippen LogP contribution in [0.15, 0.2) is 97.1 Å². The van der Waals surface area contributed by atoms with E-state index in [9.17, 15) is 40.1 Å². The van der Waals surface area contributed by atoms with Crippen molar-refractivity contribution < 1.29 is 44.9 Å². The molecule has 0 radical (unpaired) electrons. The van der Waals surface area contributed by atoms with Crippen LogP contribution in [0.1, 0.15) is 47.8 Å². The van der Waals surface area contributed by atoms with Crippen LogP contribution in [0.3, 0.4) is 0 Å². The third-order valence-electron chi connectivity index (χ3n) is 9.03. The van der Waals surface area contributed by atoms with Gasteiger partial charge in [0.1, 0.15) is 42.1 Å². The van der Waals surface area contributed by atoms with Gasteiger partial charge in [0.25, 0.3) is 0 Å². The molecular weight excluding hydrogens is 625 g/mol. The number of benzene rings is 4. The molecule has 2 aliphatic heterocycles. The first-order valence-electron chi connectivity index (χ1n) is 15.5. The minimum Gasteiger partial charge on any atom is -0.508 e. The lowest BCUT2D eigenvalue weighted by Crippen LogP contribution is -2.55. The Morgan fingerprint density at radius 1 is 0.809 bits per heavy atom. The average Bonchev–Trinajstić information content (AvgIpc) is 3.42. The smallest absolute Gasteiger partial charge is 0.176 e. The number of para-hydroxylation sites is 1. The summed E-state index contributed by atoms with van der Waals surface area (Å²) in [6, 6.07) is 27.1. The van der Waals surface area contributed by atoms with Crippen LogP contribution >= 0.6 is 11.8 Å². The topological polar surface area (TPSA) is 154 Å². The van der Waals surface area contributed by atoms with E-state index in [2.05, 4.69) is 0 Å². The van der Waals surface area contributed by atoms with Crippen LogP contribution in [-0.4, -0.2) is 77.6 Å². The maximum absolute atomic E-state index is 13.4. The van der Waals surface area contributed by atoms with E-state index >= 15 is 0 Å². The van der Waals surface area contributed by atoms with Gasteiger partial charge in [-0.3, -0.25) is 0 Å². The molecule has 2 saturated heterocycles. The molecule has 9 unspecified atom stereocenters. The van der Waals surface area contributed by atoms with Gasteiger partial charge in [-0.25, -0.2) is 4.39 Å². The van der Waals surface area contributed by atoms with E-state index in [4.69, 9.17) is 4.74 Å². The number of hydrogen-bond donors (Lipinski definition) is 7. The summed E-state index contributed by atoms with van der Waals surface area (Å²) in [4.78, 5) is 1.86. The second kappa shape index (κ2) is 14.3. The lowest BCUT2D eigenvalue weighted by atomic mass is 9.90. The molecule has 2 heterocycles. The zero-order chi connectivity index (χ0) is 33.2. The Morgan fingerprint density at radius 2 is 1.49 bits per heavy atom. The number of hydrogen-bond acceptors (Lipinski definition) is 10. The lowest BCUT2D eigenvalue weighted by Gasteiger charge is -2.40. The number of phenolic OH excluding ortho intramolecular Hbond substituents is 1. The molecule has 9 nitrogen and oxygen atoms in total. The number of phenols is 1. The van der Waals surface area contributed by atoms with E-state index in [0.717, 1.165) is 11.3 Å². The normalized spacial score (nSPS) is 28.4. The Labute approximate surface area is 276 Å². The van der Waals surface area contributed by atoms with Crippen LogP contribution < -0.4 is 4.90 Å². The van der Waals surface area contributed by atoms with Crippen molar-refractivity contribution in [2.75, 3.05) is 11.5 Å². The second-order valence-corrected chi connectivity index (χ2v) is 13.3. The van der Waals surface area contributed by atoms with Crippen LogP contribution in [0.4, 0.5) is 10.1 Å². The predicted octanol–water partition coefficient (Wildman–Crippen LogP) is 4.17. The third kappa shape index (κ3) is 6.89. The van der Waals surface area contributed by atoms with Crippen molar-refractivity contribution >= 4 is 17.4 Å². The number of anilines is 1. The van der Waals surface area contributed by atoms with Crippen molar-refractivity contribution in [3.05, 3.63) is 120 Å². The maximum atomic E-state index is 13.4. The highest BCUT2D eigenvalue weighted by atomic mass is 32.2. The fraction of sp³-hybridized carbons (Fsp3) is 0.333. The molecule has 0 aliphatic carbocycles. The summed E-state index contributed by atoms with van der Waals surface area (Å²) in [5.41, 5.74) is 3.13. The fourth-order valence-electron chi connectivity index (χ4n) is 6.47. The van der Waals surface area contributed by atoms with Crippen LogP contribution in [0, 0.1) is 5.82 Å². The van der Waals surface area contributed by atoms with Crippen LogP contribution in [0.5, 0.6) is 5.75 Å². The molecule has 0 aromatic heterocycles. The van der Waals surface area contributed by atoms with Crippen LogP contribution in [0.25, 0.3) is 11.1 Å². The van der Waals surface area contributed by atoms with Crippen molar-refractivity contribution in [3.63, 3.8) is 0 Å². The summed E-state index contributed by atoms with van der Waals surface area (Å²) >= 11 is 1.36. The van der Waals surface area contributed by atoms with Crippen molar-refractivity contribution in [2.24, 2.45) is 0 Å². The first-order valence-corrected chi connectivity index (χ1v) is 16.4. The van der Waals surface area contributed by atoms with Gasteiger partial charge in [-0.2, -0.15) is 0 Å². The van der Waals surface area contributed by atoms with Crippen molar-refractivity contribution in [3.8, 4) is 16.9 Å². The number of nitrogens with zero attached hydrogens (tertiary/aromatic N) is 1. The third-order valence-corrected chi connectivity index (χ3v) is 10.3. The minimum absolute atomic E-state index is 0.0326. The van der Waals surface area contributed by atoms with Gasteiger partial charge >= 0.3 is 0 Å².